The summed E-state index contributed by atoms with van der Waals surface area (Å²) in [5.74, 6) is 0. The van der Waals surface area contributed by atoms with Crippen LogP contribution in [0.1, 0.15) is 27.7 Å². The Morgan fingerprint density at radius 1 is 1.11 bits per heavy atom. The molecule has 0 bridgehead atoms. The second-order valence-corrected chi connectivity index (χ2v) is 13.5. The van der Waals surface area contributed by atoms with Gasteiger partial charge in [0, 0.05) is 9.79 Å². The largest absolute Gasteiger partial charge is 0.405 e. The highest BCUT2D eigenvalue weighted by Gasteiger charge is 2.38. The zero-order valence-corrected chi connectivity index (χ0v) is 16.1. The fraction of sp³-hybridized carbons (Fsp3) is 0.571. The number of thioether (sulfide) groups is 1. The fourth-order valence-corrected chi connectivity index (χ4v) is 4.78. The van der Waals surface area contributed by atoms with Crippen LogP contribution in [0.15, 0.2) is 34.1 Å². The summed E-state index contributed by atoms with van der Waals surface area (Å²) in [5.41, 5.74) is 0.190. The van der Waals surface area contributed by atoms with Crippen molar-refractivity contribution in [3.05, 3.63) is 24.3 Å². The highest BCUT2D eigenvalue weighted by atomic mass is 33.1. The third-order valence-corrected chi connectivity index (χ3v) is 10.3. The number of benzene rings is 1. The Morgan fingerprint density at radius 2 is 1.58 bits per heavy atom. The maximum atomic E-state index is 6.34. The van der Waals surface area contributed by atoms with E-state index in [2.05, 4.69) is 76.7 Å². The summed E-state index contributed by atoms with van der Waals surface area (Å²) >= 11 is 5.98. The van der Waals surface area contributed by atoms with Gasteiger partial charge in [-0.3, -0.25) is 0 Å². The number of hydrogen-bond donors (Lipinski definition) is 1. The molecule has 108 valence electrons. The van der Waals surface area contributed by atoms with E-state index in [-0.39, 0.29) is 10.5 Å². The second kappa shape index (κ2) is 6.94. The number of hydrogen-bond acceptors (Lipinski definition) is 4. The number of thiol groups is 1. The van der Waals surface area contributed by atoms with E-state index in [1.165, 1.54) is 20.6 Å². The first-order valence-electron chi connectivity index (χ1n) is 6.42. The maximum absolute atomic E-state index is 6.34. The molecule has 0 N–H and O–H groups in total. The molecule has 1 atom stereocenters. The third kappa shape index (κ3) is 5.38. The molecule has 0 aliphatic heterocycles. The summed E-state index contributed by atoms with van der Waals surface area (Å²) in [4.78, 5) is 2.42. The highest BCUT2D eigenvalue weighted by molar-refractivity contribution is 8.68. The van der Waals surface area contributed by atoms with Crippen LogP contribution in [0.4, 0.5) is 0 Å². The number of rotatable bonds is 5. The summed E-state index contributed by atoms with van der Waals surface area (Å²) in [6.45, 7) is 13.6. The summed E-state index contributed by atoms with van der Waals surface area (Å²) < 4.78 is 6.34. The Hall–Kier alpha value is 0.447. The van der Waals surface area contributed by atoms with Crippen molar-refractivity contribution in [2.75, 3.05) is 0 Å². The molecule has 1 nitrogen and oxygen atoms in total. The van der Waals surface area contributed by atoms with Crippen molar-refractivity contribution in [3.8, 4) is 0 Å². The average molecular weight is 333 g/mol. The van der Waals surface area contributed by atoms with Crippen molar-refractivity contribution in [3.63, 3.8) is 0 Å². The Morgan fingerprint density at radius 3 is 2.00 bits per heavy atom. The first-order valence-corrected chi connectivity index (χ1v) is 12.1. The van der Waals surface area contributed by atoms with E-state index < -0.39 is 8.32 Å². The lowest BCUT2D eigenvalue weighted by Gasteiger charge is -2.38. The normalized spacial score (nSPS) is 14.5. The first-order chi connectivity index (χ1) is 8.65. The molecule has 0 radical (unpaired) electrons. The zero-order chi connectivity index (χ0) is 14.7. The molecule has 0 amide bonds. The minimum absolute atomic E-state index is 0.190. The van der Waals surface area contributed by atoms with E-state index in [1.54, 1.807) is 11.8 Å². The van der Waals surface area contributed by atoms with Crippen LogP contribution in [-0.2, 0) is 4.43 Å². The summed E-state index contributed by atoms with van der Waals surface area (Å²) in [7, 11) is -0.206. The van der Waals surface area contributed by atoms with E-state index in [4.69, 9.17) is 4.43 Å². The lowest BCUT2D eigenvalue weighted by molar-refractivity contribution is 0.278. The Labute approximate surface area is 132 Å². The molecule has 1 unspecified atom stereocenters. The predicted molar refractivity (Wildman–Crippen MR) is 94.9 cm³/mol. The van der Waals surface area contributed by atoms with Gasteiger partial charge < -0.3 is 4.43 Å². The van der Waals surface area contributed by atoms with Gasteiger partial charge in [0.05, 0.1) is 5.44 Å². The second-order valence-electron chi connectivity index (χ2n) is 6.13. The molecule has 1 aromatic rings. The molecule has 0 saturated carbocycles. The average Bonchev–Trinajstić information content (AvgIpc) is 2.27. The minimum Gasteiger partial charge on any atom is -0.405 e. The van der Waals surface area contributed by atoms with E-state index in [0.717, 1.165) is 0 Å². The van der Waals surface area contributed by atoms with Crippen LogP contribution in [0.25, 0.3) is 0 Å². The molecule has 5 heteroatoms. The molecule has 0 fully saturated rings. The van der Waals surface area contributed by atoms with Crippen LogP contribution < -0.4 is 0 Å². The molecule has 1 aromatic carbocycles. The van der Waals surface area contributed by atoms with Crippen molar-refractivity contribution in [2.24, 2.45) is 0 Å². The van der Waals surface area contributed by atoms with Crippen molar-refractivity contribution in [1.29, 1.82) is 0 Å². The maximum Gasteiger partial charge on any atom is 0.193 e. The van der Waals surface area contributed by atoms with Crippen molar-refractivity contribution < 1.29 is 4.43 Å². The van der Waals surface area contributed by atoms with E-state index in [9.17, 15) is 0 Å². The van der Waals surface area contributed by atoms with Gasteiger partial charge in [0.15, 0.2) is 8.32 Å². The van der Waals surface area contributed by atoms with Crippen LogP contribution in [0, 0.1) is 0 Å². The van der Waals surface area contributed by atoms with Crippen LogP contribution in [0.5, 0.6) is 0 Å². The molecular formula is C14H24OS3Si. The van der Waals surface area contributed by atoms with Gasteiger partial charge in [0.2, 0.25) is 0 Å². The van der Waals surface area contributed by atoms with Crippen LogP contribution in [-0.4, -0.2) is 13.8 Å². The van der Waals surface area contributed by atoms with Gasteiger partial charge in [0.1, 0.15) is 0 Å². The SMILES string of the molecule is CC(O[Si](C)(C)C(C)(C)C)Sc1ccc(SS)cc1. The third-order valence-electron chi connectivity index (χ3n) is 3.50. The summed E-state index contributed by atoms with van der Waals surface area (Å²) in [6.07, 6.45) is 0. The van der Waals surface area contributed by atoms with Crippen LogP contribution in [0.3, 0.4) is 0 Å². The standard InChI is InChI=1S/C14H24OS3Si/c1-11(15-19(5,6)14(2,3)4)17-12-7-9-13(18-16)10-8-12/h7-11,16H,1-6H3. The molecule has 19 heavy (non-hydrogen) atoms. The Balaban J connectivity index is 2.62. The highest BCUT2D eigenvalue weighted by Crippen LogP contribution is 2.39. The molecular weight excluding hydrogens is 308 g/mol. The monoisotopic (exact) mass is 332 g/mol. The zero-order valence-electron chi connectivity index (χ0n) is 12.6. The molecule has 0 spiro atoms. The van der Waals surface area contributed by atoms with Gasteiger partial charge in [0.25, 0.3) is 0 Å². The van der Waals surface area contributed by atoms with E-state index in [1.807, 2.05) is 0 Å². The van der Waals surface area contributed by atoms with Gasteiger partial charge in [-0.15, -0.1) is 11.7 Å². The molecule has 0 saturated heterocycles. The van der Waals surface area contributed by atoms with Gasteiger partial charge in [-0.25, -0.2) is 0 Å². The van der Waals surface area contributed by atoms with Crippen molar-refractivity contribution in [2.45, 2.75) is 61.1 Å². The van der Waals surface area contributed by atoms with Crippen LogP contribution >= 0.6 is 34.2 Å². The van der Waals surface area contributed by atoms with E-state index in [0.29, 0.717) is 0 Å². The van der Waals surface area contributed by atoms with Crippen molar-refractivity contribution >= 4 is 42.5 Å². The Kier molecular flexibility index (Phi) is 6.39. The van der Waals surface area contributed by atoms with Gasteiger partial charge in [-0.2, -0.15) is 0 Å². The quantitative estimate of drug-likeness (QED) is 0.230. The van der Waals surface area contributed by atoms with Gasteiger partial charge in [-0.05, 0) is 49.3 Å². The minimum atomic E-state index is -1.68. The lowest BCUT2D eigenvalue weighted by atomic mass is 10.2. The fourth-order valence-electron chi connectivity index (χ4n) is 1.39. The van der Waals surface area contributed by atoms with Crippen LogP contribution in [0.2, 0.25) is 18.1 Å². The predicted octanol–water partition coefficient (Wildman–Crippen LogP) is 6.08. The Bertz CT molecular complexity index is 398. The van der Waals surface area contributed by atoms with Gasteiger partial charge >= 0.3 is 0 Å². The molecule has 1 rings (SSSR count). The summed E-state index contributed by atoms with van der Waals surface area (Å²) in [5, 5.41) is 0.258. The molecule has 0 heterocycles. The molecule has 0 aromatic heterocycles. The topological polar surface area (TPSA) is 9.23 Å². The van der Waals surface area contributed by atoms with Gasteiger partial charge in [-0.1, -0.05) is 43.3 Å². The molecule has 0 aliphatic carbocycles. The molecule has 0 aliphatic rings. The van der Waals surface area contributed by atoms with Crippen molar-refractivity contribution in [1.82, 2.24) is 0 Å². The van der Waals surface area contributed by atoms with E-state index >= 15 is 0 Å². The lowest BCUT2D eigenvalue weighted by Crippen LogP contribution is -2.42. The summed E-state index contributed by atoms with van der Waals surface area (Å²) in [6, 6.07) is 8.46. The smallest absolute Gasteiger partial charge is 0.193 e. The first kappa shape index (κ1) is 17.5.